The third-order valence-corrected chi connectivity index (χ3v) is 4.35. The quantitative estimate of drug-likeness (QED) is 0.729. The Labute approximate surface area is 146 Å². The summed E-state index contributed by atoms with van der Waals surface area (Å²) in [5.74, 6) is -0.257. The number of nitrogens with one attached hydrogen (secondary N) is 3. The number of aryl methyl sites for hydroxylation is 1. The zero-order valence-corrected chi connectivity index (χ0v) is 14.5. The van der Waals surface area contributed by atoms with Crippen LogP contribution in [0.3, 0.4) is 0 Å². The molecule has 130 valence electrons. The number of ketones is 1. The summed E-state index contributed by atoms with van der Waals surface area (Å²) in [6.07, 6.45) is 1.87. The van der Waals surface area contributed by atoms with Gasteiger partial charge in [0.05, 0.1) is 0 Å². The highest BCUT2D eigenvalue weighted by molar-refractivity contribution is 6.08. The van der Waals surface area contributed by atoms with Crippen molar-refractivity contribution in [3.8, 4) is 0 Å². The van der Waals surface area contributed by atoms with Gasteiger partial charge in [-0.3, -0.25) is 14.4 Å². The Kier molecular flexibility index (Phi) is 4.44. The van der Waals surface area contributed by atoms with Gasteiger partial charge in [-0.2, -0.15) is 0 Å². The van der Waals surface area contributed by atoms with E-state index < -0.39 is 0 Å². The van der Waals surface area contributed by atoms with E-state index in [4.69, 9.17) is 0 Å². The molecule has 0 atom stereocenters. The SMILES string of the molecule is CC(=O)c1c(C)[nH]c(C(=O)Nc2cccc(NC(=O)C3CC3)c2)c1C. The van der Waals surface area contributed by atoms with Crippen LogP contribution in [0.25, 0.3) is 0 Å². The fourth-order valence-electron chi connectivity index (χ4n) is 2.96. The molecule has 1 saturated carbocycles. The predicted molar refractivity (Wildman–Crippen MR) is 96.0 cm³/mol. The average molecular weight is 339 g/mol. The van der Waals surface area contributed by atoms with Crippen molar-refractivity contribution in [3.63, 3.8) is 0 Å². The summed E-state index contributed by atoms with van der Waals surface area (Å²) in [5, 5.41) is 5.66. The van der Waals surface area contributed by atoms with Gasteiger partial charge in [-0.25, -0.2) is 0 Å². The normalized spacial score (nSPS) is 13.4. The summed E-state index contributed by atoms with van der Waals surface area (Å²) in [7, 11) is 0. The molecule has 3 rings (SSSR count). The topological polar surface area (TPSA) is 91.1 Å². The lowest BCUT2D eigenvalue weighted by atomic mass is 10.1. The predicted octanol–water partition coefficient (Wildman–Crippen LogP) is 3.43. The molecule has 0 spiro atoms. The molecule has 2 amide bonds. The van der Waals surface area contributed by atoms with Crippen molar-refractivity contribution in [1.82, 2.24) is 4.98 Å². The lowest BCUT2D eigenvalue weighted by Gasteiger charge is -2.08. The van der Waals surface area contributed by atoms with Crippen LogP contribution in [-0.2, 0) is 4.79 Å². The minimum atomic E-state index is -0.321. The molecule has 1 aliphatic rings. The zero-order valence-electron chi connectivity index (χ0n) is 14.5. The van der Waals surface area contributed by atoms with Gasteiger partial charge in [0.25, 0.3) is 5.91 Å². The first kappa shape index (κ1) is 17.0. The van der Waals surface area contributed by atoms with Crippen molar-refractivity contribution in [2.24, 2.45) is 5.92 Å². The minimum Gasteiger partial charge on any atom is -0.354 e. The van der Waals surface area contributed by atoms with E-state index in [-0.39, 0.29) is 23.5 Å². The van der Waals surface area contributed by atoms with Gasteiger partial charge in [-0.1, -0.05) is 6.07 Å². The van der Waals surface area contributed by atoms with E-state index in [1.807, 2.05) is 0 Å². The molecule has 0 bridgehead atoms. The first-order valence-electron chi connectivity index (χ1n) is 8.29. The maximum absolute atomic E-state index is 12.5. The number of hydrogen-bond donors (Lipinski definition) is 3. The largest absolute Gasteiger partial charge is 0.354 e. The molecule has 25 heavy (non-hydrogen) atoms. The van der Waals surface area contributed by atoms with E-state index in [1.165, 1.54) is 6.92 Å². The molecule has 0 radical (unpaired) electrons. The number of Topliss-reactive ketones (excluding diaryl/α,β-unsaturated/α-hetero) is 1. The molecule has 1 aliphatic carbocycles. The smallest absolute Gasteiger partial charge is 0.272 e. The first-order chi connectivity index (χ1) is 11.9. The first-order valence-corrected chi connectivity index (χ1v) is 8.29. The Morgan fingerprint density at radius 2 is 1.72 bits per heavy atom. The maximum atomic E-state index is 12.5. The van der Waals surface area contributed by atoms with E-state index in [0.717, 1.165) is 12.8 Å². The van der Waals surface area contributed by atoms with Crippen LogP contribution in [0.15, 0.2) is 24.3 Å². The Morgan fingerprint density at radius 1 is 1.08 bits per heavy atom. The third kappa shape index (κ3) is 3.63. The summed E-state index contributed by atoms with van der Waals surface area (Å²) in [6, 6.07) is 7.02. The number of aromatic amines is 1. The van der Waals surface area contributed by atoms with Crippen molar-refractivity contribution >= 4 is 29.0 Å². The summed E-state index contributed by atoms with van der Waals surface area (Å²) >= 11 is 0. The van der Waals surface area contributed by atoms with Crippen LogP contribution in [0.4, 0.5) is 11.4 Å². The van der Waals surface area contributed by atoms with Gasteiger partial charge in [-0.05, 0) is 57.4 Å². The fraction of sp³-hybridized carbons (Fsp3) is 0.316. The summed E-state index contributed by atoms with van der Waals surface area (Å²) in [4.78, 5) is 39.1. The van der Waals surface area contributed by atoms with Crippen LogP contribution in [0.2, 0.25) is 0 Å². The number of aromatic nitrogens is 1. The van der Waals surface area contributed by atoms with Gasteiger partial charge in [0, 0.05) is 28.6 Å². The Bertz CT molecular complexity index is 863. The van der Waals surface area contributed by atoms with Crippen LogP contribution in [0.1, 0.15) is 51.9 Å². The Hall–Kier alpha value is -2.89. The molecule has 1 aromatic carbocycles. The Balaban J connectivity index is 1.76. The van der Waals surface area contributed by atoms with Crippen molar-refractivity contribution in [1.29, 1.82) is 0 Å². The van der Waals surface area contributed by atoms with Gasteiger partial charge >= 0.3 is 0 Å². The number of carbonyl (C=O) groups excluding carboxylic acids is 3. The second kappa shape index (κ2) is 6.55. The highest BCUT2D eigenvalue weighted by atomic mass is 16.2. The second-order valence-corrected chi connectivity index (χ2v) is 6.48. The molecule has 6 heteroatoms. The summed E-state index contributed by atoms with van der Waals surface area (Å²) < 4.78 is 0. The molecule has 1 aromatic heterocycles. The molecule has 1 heterocycles. The van der Waals surface area contributed by atoms with E-state index in [9.17, 15) is 14.4 Å². The zero-order chi connectivity index (χ0) is 18.1. The number of H-pyrrole nitrogens is 1. The molecular formula is C19H21N3O3. The fourth-order valence-corrected chi connectivity index (χ4v) is 2.96. The molecule has 0 aliphatic heterocycles. The number of amides is 2. The van der Waals surface area contributed by atoms with Crippen LogP contribution >= 0.6 is 0 Å². The van der Waals surface area contributed by atoms with Gasteiger partial charge < -0.3 is 15.6 Å². The number of rotatable bonds is 5. The van der Waals surface area contributed by atoms with Crippen molar-refractivity contribution in [3.05, 3.63) is 46.8 Å². The lowest BCUT2D eigenvalue weighted by Crippen LogP contribution is -2.15. The summed E-state index contributed by atoms with van der Waals surface area (Å²) in [5.41, 5.74) is 3.47. The number of anilines is 2. The molecular weight excluding hydrogens is 318 g/mol. The van der Waals surface area contributed by atoms with Crippen molar-refractivity contribution < 1.29 is 14.4 Å². The van der Waals surface area contributed by atoms with Crippen LogP contribution in [0, 0.1) is 19.8 Å². The van der Waals surface area contributed by atoms with E-state index in [2.05, 4.69) is 15.6 Å². The molecule has 3 N–H and O–H groups in total. The van der Waals surface area contributed by atoms with E-state index >= 15 is 0 Å². The molecule has 1 fully saturated rings. The minimum absolute atomic E-state index is 0.0189. The number of carbonyl (C=O) groups is 3. The van der Waals surface area contributed by atoms with Crippen LogP contribution in [-0.4, -0.2) is 22.6 Å². The second-order valence-electron chi connectivity index (χ2n) is 6.48. The van der Waals surface area contributed by atoms with Gasteiger partial charge in [0.1, 0.15) is 5.69 Å². The number of hydrogen-bond acceptors (Lipinski definition) is 3. The van der Waals surface area contributed by atoms with E-state index in [1.54, 1.807) is 38.1 Å². The monoisotopic (exact) mass is 339 g/mol. The molecule has 0 saturated heterocycles. The maximum Gasteiger partial charge on any atom is 0.272 e. The van der Waals surface area contributed by atoms with Gasteiger partial charge in [-0.15, -0.1) is 0 Å². The van der Waals surface area contributed by atoms with Crippen molar-refractivity contribution in [2.75, 3.05) is 10.6 Å². The van der Waals surface area contributed by atoms with Crippen LogP contribution in [0.5, 0.6) is 0 Å². The standard InChI is InChI=1S/C19H21N3O3/c1-10-16(12(3)23)11(2)20-17(10)19(25)22-15-6-4-5-14(9-15)21-18(24)13-7-8-13/h4-6,9,13,20H,7-8H2,1-3H3,(H,21,24)(H,22,25). The number of benzene rings is 1. The van der Waals surface area contributed by atoms with E-state index in [0.29, 0.717) is 33.9 Å². The van der Waals surface area contributed by atoms with Gasteiger partial charge in [0.15, 0.2) is 5.78 Å². The van der Waals surface area contributed by atoms with Crippen LogP contribution < -0.4 is 10.6 Å². The van der Waals surface area contributed by atoms with Crippen molar-refractivity contribution in [2.45, 2.75) is 33.6 Å². The Morgan fingerprint density at radius 3 is 2.28 bits per heavy atom. The summed E-state index contributed by atoms with van der Waals surface area (Å²) in [6.45, 7) is 5.01. The highest BCUT2D eigenvalue weighted by Gasteiger charge is 2.29. The molecule has 6 nitrogen and oxygen atoms in total. The lowest BCUT2D eigenvalue weighted by molar-refractivity contribution is -0.117. The third-order valence-electron chi connectivity index (χ3n) is 4.35. The molecule has 2 aromatic rings. The average Bonchev–Trinajstić information content (AvgIpc) is 3.33. The molecule has 0 unspecified atom stereocenters. The highest BCUT2D eigenvalue weighted by Crippen LogP contribution is 2.30. The van der Waals surface area contributed by atoms with Gasteiger partial charge in [0.2, 0.25) is 5.91 Å².